The van der Waals surface area contributed by atoms with Crippen LogP contribution in [0.3, 0.4) is 0 Å². The Balaban J connectivity index is 1.21. The molecule has 0 saturated carbocycles. The fourth-order valence-corrected chi connectivity index (χ4v) is 6.28. The first-order valence-electron chi connectivity index (χ1n) is 14.8. The van der Waals surface area contributed by atoms with Crippen LogP contribution >= 0.6 is 11.8 Å². The maximum absolute atomic E-state index is 13.7. The van der Waals surface area contributed by atoms with Crippen molar-refractivity contribution in [1.29, 1.82) is 0 Å². The molecule has 0 bridgehead atoms. The second-order valence-electron chi connectivity index (χ2n) is 10.8. The fourth-order valence-electron chi connectivity index (χ4n) is 5.16. The molecular weight excluding hydrogens is 634 g/mol. The van der Waals surface area contributed by atoms with E-state index in [1.165, 1.54) is 31.9 Å². The molecule has 6 rings (SSSR count). The summed E-state index contributed by atoms with van der Waals surface area (Å²) >= 11 is 1.20. The molecule has 4 amide bonds. The lowest BCUT2D eigenvalue weighted by atomic mass is 10.1. The summed E-state index contributed by atoms with van der Waals surface area (Å²) in [7, 11) is 1.49. The van der Waals surface area contributed by atoms with Gasteiger partial charge in [-0.05, 0) is 85.3 Å². The van der Waals surface area contributed by atoms with Gasteiger partial charge in [-0.2, -0.15) is 0 Å². The van der Waals surface area contributed by atoms with Crippen LogP contribution < -0.4 is 29.7 Å². The molecule has 242 valence electrons. The molecular formula is C36H29N3O8S. The summed E-state index contributed by atoms with van der Waals surface area (Å²) < 4.78 is 16.4. The minimum Gasteiger partial charge on any atom is -0.493 e. The molecule has 48 heavy (non-hydrogen) atoms. The third kappa shape index (κ3) is 6.93. The molecule has 11 nitrogen and oxygen atoms in total. The highest BCUT2D eigenvalue weighted by Gasteiger charge is 2.40. The highest BCUT2D eigenvalue weighted by atomic mass is 32.2. The topological polar surface area (TPSA) is 140 Å². The number of thioether (sulfide) groups is 1. The number of imide groups is 1. The van der Waals surface area contributed by atoms with Crippen molar-refractivity contribution in [2.45, 2.75) is 23.5 Å². The Bertz CT molecular complexity index is 1960. The van der Waals surface area contributed by atoms with Crippen LogP contribution in [-0.4, -0.2) is 48.6 Å². The van der Waals surface area contributed by atoms with E-state index in [-0.39, 0.29) is 36.5 Å². The predicted octanol–water partition coefficient (Wildman–Crippen LogP) is 5.46. The Hall–Kier alpha value is -5.88. The number of anilines is 2. The lowest BCUT2D eigenvalue weighted by Gasteiger charge is -2.15. The molecule has 2 N–H and O–H groups in total. The van der Waals surface area contributed by atoms with Crippen LogP contribution in [0.2, 0.25) is 0 Å². The van der Waals surface area contributed by atoms with Crippen LogP contribution in [0.15, 0.2) is 102 Å². The van der Waals surface area contributed by atoms with Crippen molar-refractivity contribution in [3.05, 3.63) is 113 Å². The second kappa shape index (κ2) is 13.9. The standard InChI is InChI=1S/C36H29N3O8S/c1-21(40)23-11-13-26(14-12-23)39-32(41)19-31(36(39)44)48-27-10-6-9-25(18-27)37-35(43)28(38-34(42)24-7-4-3-5-8-24)15-22-16-29(45-2)33-30(17-22)46-20-47-33/h3-18,31H,19-20H2,1-2H3,(H,37,43)(H,38,42)/b28-15-/t31-/m0/s1. The SMILES string of the molecule is COc1cc(/C=C(\NC(=O)c2ccccc2)C(=O)Nc2cccc(S[C@H]3CC(=O)N(c4ccc(C(C)=O)cc4)C3=O)c2)cc2c1OCO2. The largest absolute Gasteiger partial charge is 0.493 e. The zero-order valence-electron chi connectivity index (χ0n) is 25.9. The summed E-state index contributed by atoms with van der Waals surface area (Å²) in [4.78, 5) is 66.3. The number of amides is 4. The lowest BCUT2D eigenvalue weighted by Crippen LogP contribution is -2.31. The summed E-state index contributed by atoms with van der Waals surface area (Å²) in [5.41, 5.74) is 2.11. The smallest absolute Gasteiger partial charge is 0.272 e. The quantitative estimate of drug-likeness (QED) is 0.129. The van der Waals surface area contributed by atoms with Crippen molar-refractivity contribution < 1.29 is 38.2 Å². The van der Waals surface area contributed by atoms with Gasteiger partial charge in [0.2, 0.25) is 24.4 Å². The van der Waals surface area contributed by atoms with E-state index in [1.807, 2.05) is 0 Å². The van der Waals surface area contributed by atoms with Crippen molar-refractivity contribution in [2.75, 3.05) is 24.1 Å². The zero-order chi connectivity index (χ0) is 33.8. The van der Waals surface area contributed by atoms with Crippen LogP contribution in [0.5, 0.6) is 17.2 Å². The number of Topliss-reactive ketones (excluding diaryl/α,β-unsaturated/α-hetero) is 1. The summed E-state index contributed by atoms with van der Waals surface area (Å²) in [5.74, 6) is -0.642. The van der Waals surface area contributed by atoms with Crippen LogP contribution in [0.25, 0.3) is 6.08 Å². The number of ketones is 1. The Morgan fingerprint density at radius 1 is 0.917 bits per heavy atom. The molecule has 1 atom stereocenters. The van der Waals surface area contributed by atoms with Crippen molar-refractivity contribution >= 4 is 58.6 Å². The molecule has 0 radical (unpaired) electrons. The Morgan fingerprint density at radius 3 is 2.42 bits per heavy atom. The van der Waals surface area contributed by atoms with E-state index in [9.17, 15) is 24.0 Å². The number of methoxy groups -OCH3 is 1. The van der Waals surface area contributed by atoms with Gasteiger partial charge in [0.1, 0.15) is 5.70 Å². The van der Waals surface area contributed by atoms with E-state index >= 15 is 0 Å². The first-order valence-corrected chi connectivity index (χ1v) is 15.7. The van der Waals surface area contributed by atoms with E-state index in [0.29, 0.717) is 50.2 Å². The molecule has 2 aliphatic rings. The van der Waals surface area contributed by atoms with E-state index in [0.717, 1.165) is 4.90 Å². The maximum Gasteiger partial charge on any atom is 0.272 e. The van der Waals surface area contributed by atoms with Gasteiger partial charge in [-0.1, -0.05) is 24.3 Å². The average molecular weight is 664 g/mol. The molecule has 12 heteroatoms. The van der Waals surface area contributed by atoms with Gasteiger partial charge in [-0.3, -0.25) is 24.0 Å². The van der Waals surface area contributed by atoms with Crippen LogP contribution in [-0.2, 0) is 14.4 Å². The maximum atomic E-state index is 13.7. The van der Waals surface area contributed by atoms with Gasteiger partial charge >= 0.3 is 0 Å². The fraction of sp³-hybridized carbons (Fsp3) is 0.139. The number of fused-ring (bicyclic) bond motifs is 1. The van der Waals surface area contributed by atoms with Crippen LogP contribution in [0.1, 0.15) is 39.6 Å². The van der Waals surface area contributed by atoms with Crippen molar-refractivity contribution in [2.24, 2.45) is 0 Å². The first kappa shape index (κ1) is 32.1. The zero-order valence-corrected chi connectivity index (χ0v) is 26.7. The number of rotatable bonds is 10. The summed E-state index contributed by atoms with van der Waals surface area (Å²) in [6, 6.07) is 25.0. The Kier molecular flexibility index (Phi) is 9.26. The number of benzene rings is 4. The third-order valence-corrected chi connectivity index (χ3v) is 8.71. The van der Waals surface area contributed by atoms with Crippen LogP contribution in [0, 0.1) is 0 Å². The molecule has 2 aliphatic heterocycles. The van der Waals surface area contributed by atoms with Gasteiger partial charge in [0.05, 0.1) is 18.0 Å². The summed E-state index contributed by atoms with van der Waals surface area (Å²) in [6.45, 7) is 1.47. The van der Waals surface area contributed by atoms with Gasteiger partial charge in [-0.25, -0.2) is 4.90 Å². The number of hydrogen-bond acceptors (Lipinski definition) is 9. The molecule has 0 unspecified atom stereocenters. The van der Waals surface area contributed by atoms with Crippen LogP contribution in [0.4, 0.5) is 11.4 Å². The van der Waals surface area contributed by atoms with Gasteiger partial charge in [0, 0.05) is 28.1 Å². The molecule has 2 heterocycles. The number of ether oxygens (including phenoxy) is 3. The minimum absolute atomic E-state index is 0.00799. The average Bonchev–Trinajstić information content (AvgIpc) is 3.67. The summed E-state index contributed by atoms with van der Waals surface area (Å²) in [5, 5.41) is 4.85. The lowest BCUT2D eigenvalue weighted by molar-refractivity contribution is -0.121. The van der Waals surface area contributed by atoms with E-state index in [1.54, 1.807) is 91.0 Å². The van der Waals surface area contributed by atoms with E-state index < -0.39 is 17.1 Å². The van der Waals surface area contributed by atoms with E-state index in [4.69, 9.17) is 14.2 Å². The number of nitrogens with one attached hydrogen (secondary N) is 2. The first-order chi connectivity index (χ1) is 23.2. The Labute approximate surface area is 279 Å². The molecule has 1 saturated heterocycles. The third-order valence-electron chi connectivity index (χ3n) is 7.53. The highest BCUT2D eigenvalue weighted by Crippen LogP contribution is 2.42. The van der Waals surface area contributed by atoms with Gasteiger partial charge in [0.15, 0.2) is 17.3 Å². The molecule has 0 spiro atoms. The molecule has 0 aromatic heterocycles. The monoisotopic (exact) mass is 663 g/mol. The van der Waals surface area contributed by atoms with Gasteiger partial charge < -0.3 is 24.8 Å². The van der Waals surface area contributed by atoms with Gasteiger partial charge in [-0.15, -0.1) is 11.8 Å². The normalized spacial score (nSPS) is 15.3. The highest BCUT2D eigenvalue weighted by molar-refractivity contribution is 8.00. The van der Waals surface area contributed by atoms with Gasteiger partial charge in [0.25, 0.3) is 11.8 Å². The van der Waals surface area contributed by atoms with Crippen molar-refractivity contribution in [3.8, 4) is 17.2 Å². The number of hydrogen-bond donors (Lipinski definition) is 2. The predicted molar refractivity (Wildman–Crippen MR) is 179 cm³/mol. The number of nitrogens with zero attached hydrogens (tertiary/aromatic N) is 1. The molecule has 4 aromatic carbocycles. The number of carbonyl (C=O) groups is 5. The van der Waals surface area contributed by atoms with Crippen molar-refractivity contribution in [3.63, 3.8) is 0 Å². The summed E-state index contributed by atoms with van der Waals surface area (Å²) in [6.07, 6.45) is 1.49. The minimum atomic E-state index is -0.683. The Morgan fingerprint density at radius 2 is 1.69 bits per heavy atom. The molecule has 0 aliphatic carbocycles. The van der Waals surface area contributed by atoms with E-state index in [2.05, 4.69) is 10.6 Å². The van der Waals surface area contributed by atoms with Crippen molar-refractivity contribution in [1.82, 2.24) is 5.32 Å². The second-order valence-corrected chi connectivity index (χ2v) is 12.1. The number of carbonyl (C=O) groups excluding carboxylic acids is 5. The molecule has 4 aromatic rings. The molecule has 1 fully saturated rings.